The number of nitrogens with zero attached hydrogens (tertiary/aromatic N) is 2. The van der Waals surface area contributed by atoms with E-state index in [1.807, 2.05) is 0 Å². The summed E-state index contributed by atoms with van der Waals surface area (Å²) in [5.41, 5.74) is 1.09. The second-order valence-electron chi connectivity index (χ2n) is 7.88. The smallest absolute Gasteiger partial charge is 0.350 e. The molecule has 3 heterocycles. The summed E-state index contributed by atoms with van der Waals surface area (Å²) >= 11 is 1.10. The molecule has 1 unspecified atom stereocenters. The van der Waals surface area contributed by atoms with E-state index in [2.05, 4.69) is 10.3 Å². The molecule has 2 amide bonds. The van der Waals surface area contributed by atoms with E-state index in [4.69, 9.17) is 4.42 Å². The van der Waals surface area contributed by atoms with E-state index in [0.717, 1.165) is 17.8 Å². The van der Waals surface area contributed by atoms with Gasteiger partial charge in [-0.2, -0.15) is 20.1 Å². The van der Waals surface area contributed by atoms with Crippen molar-refractivity contribution < 1.29 is 27.9 Å². The summed E-state index contributed by atoms with van der Waals surface area (Å²) < 4.78 is 33.8. The van der Waals surface area contributed by atoms with Crippen molar-refractivity contribution in [2.45, 2.75) is 37.8 Å². The maximum absolute atomic E-state index is 14.1. The Bertz CT molecular complexity index is 1100. The zero-order valence-electron chi connectivity index (χ0n) is 17.7. The fraction of sp³-hybridized carbons (Fsp3) is 0.348. The summed E-state index contributed by atoms with van der Waals surface area (Å²) in [6, 6.07) is 7.92. The first-order chi connectivity index (χ1) is 15.8. The number of aliphatic hydroxyl groups is 1. The number of nitrogens with one attached hydrogen (secondary N) is 1. The summed E-state index contributed by atoms with van der Waals surface area (Å²) in [4.78, 5) is 30.6. The average Bonchev–Trinajstić information content (AvgIpc) is 3.49. The van der Waals surface area contributed by atoms with Crippen molar-refractivity contribution in [3.8, 4) is 11.5 Å². The van der Waals surface area contributed by atoms with Crippen molar-refractivity contribution in [3.63, 3.8) is 0 Å². The number of likely N-dealkylation sites (tertiary alicyclic amines) is 1. The molecule has 174 valence electrons. The van der Waals surface area contributed by atoms with E-state index >= 15 is 0 Å². The van der Waals surface area contributed by atoms with Gasteiger partial charge in [-0.3, -0.25) is 9.59 Å². The van der Waals surface area contributed by atoms with Crippen LogP contribution in [0.4, 0.5) is 8.78 Å². The molecule has 0 bridgehead atoms. The second kappa shape index (κ2) is 9.80. The van der Waals surface area contributed by atoms with E-state index in [-0.39, 0.29) is 35.7 Å². The number of benzene rings is 1. The minimum absolute atomic E-state index is 0.0605. The fourth-order valence-corrected chi connectivity index (χ4v) is 4.26. The summed E-state index contributed by atoms with van der Waals surface area (Å²) in [5.74, 6) is -4.94. The van der Waals surface area contributed by atoms with Gasteiger partial charge >= 0.3 is 5.92 Å². The van der Waals surface area contributed by atoms with Crippen molar-refractivity contribution in [1.82, 2.24) is 15.2 Å². The minimum atomic E-state index is -3.59. The lowest BCUT2D eigenvalue weighted by Crippen LogP contribution is -2.37. The summed E-state index contributed by atoms with van der Waals surface area (Å²) in [5, 5.41) is 14.8. The van der Waals surface area contributed by atoms with Crippen molar-refractivity contribution in [2.24, 2.45) is 0 Å². The molecule has 7 nitrogen and oxygen atoms in total. The molecule has 4 rings (SSSR count). The Morgan fingerprint density at radius 3 is 2.73 bits per heavy atom. The van der Waals surface area contributed by atoms with Crippen LogP contribution in [-0.4, -0.2) is 46.0 Å². The summed E-state index contributed by atoms with van der Waals surface area (Å²) in [6.45, 7) is 0.965. The number of halogens is 2. The normalized spacial score (nSPS) is 16.9. The SMILES string of the molecule is O=C(c1coc(-c2ccc(CNC(=O)C(F)(F)c3ccsc3)cc2)n1)N1CCCC(O)CC1. The topological polar surface area (TPSA) is 95.7 Å². The Hall–Kier alpha value is -3.11. The lowest BCUT2D eigenvalue weighted by Gasteiger charge is -2.18. The maximum Gasteiger partial charge on any atom is 0.350 e. The first-order valence-electron chi connectivity index (χ1n) is 10.6. The number of alkyl halides is 2. The van der Waals surface area contributed by atoms with Gasteiger partial charge in [0.1, 0.15) is 6.26 Å². The zero-order valence-corrected chi connectivity index (χ0v) is 18.5. The van der Waals surface area contributed by atoms with Crippen molar-refractivity contribution in [3.05, 3.63) is 64.2 Å². The second-order valence-corrected chi connectivity index (χ2v) is 8.66. The number of aromatic nitrogens is 1. The highest BCUT2D eigenvalue weighted by Gasteiger charge is 2.40. The summed E-state index contributed by atoms with van der Waals surface area (Å²) in [7, 11) is 0. The molecule has 0 radical (unpaired) electrons. The Morgan fingerprint density at radius 1 is 1.21 bits per heavy atom. The number of aliphatic hydroxyl groups excluding tert-OH is 1. The van der Waals surface area contributed by atoms with Gasteiger partial charge in [-0.25, -0.2) is 4.98 Å². The monoisotopic (exact) mass is 475 g/mol. The molecular weight excluding hydrogens is 452 g/mol. The van der Waals surface area contributed by atoms with Crippen LogP contribution in [0.5, 0.6) is 0 Å². The highest BCUT2D eigenvalue weighted by molar-refractivity contribution is 7.08. The number of carbonyl (C=O) groups excluding carboxylic acids is 2. The number of amides is 2. The van der Waals surface area contributed by atoms with Crippen LogP contribution < -0.4 is 5.32 Å². The van der Waals surface area contributed by atoms with Crippen molar-refractivity contribution in [2.75, 3.05) is 13.1 Å². The van der Waals surface area contributed by atoms with E-state index in [1.54, 1.807) is 29.2 Å². The van der Waals surface area contributed by atoms with Crippen LogP contribution in [-0.2, 0) is 17.3 Å². The third-order valence-electron chi connectivity index (χ3n) is 5.53. The number of thiophene rings is 1. The van der Waals surface area contributed by atoms with Crippen molar-refractivity contribution in [1.29, 1.82) is 0 Å². The minimum Gasteiger partial charge on any atom is -0.444 e. The number of hydrogen-bond donors (Lipinski definition) is 2. The van der Waals surface area contributed by atoms with Crippen LogP contribution in [0.25, 0.3) is 11.5 Å². The molecule has 1 atom stereocenters. The Morgan fingerprint density at radius 2 is 2.00 bits per heavy atom. The van der Waals surface area contributed by atoms with E-state index in [0.29, 0.717) is 37.1 Å². The predicted octanol–water partition coefficient (Wildman–Crippen LogP) is 3.80. The molecule has 33 heavy (non-hydrogen) atoms. The Kier molecular flexibility index (Phi) is 6.85. The molecule has 0 saturated carbocycles. The number of rotatable bonds is 6. The van der Waals surface area contributed by atoms with Crippen LogP contribution in [0.3, 0.4) is 0 Å². The van der Waals surface area contributed by atoms with Crippen LogP contribution >= 0.6 is 11.3 Å². The maximum atomic E-state index is 14.1. The third kappa shape index (κ3) is 5.28. The standard InChI is InChI=1S/C23H23F2N3O4S/c24-23(25,17-8-11-33-14-17)22(31)26-12-15-3-5-16(6-4-15)20-27-19(13-32-20)21(30)28-9-1-2-18(29)7-10-28/h3-6,8,11,13-14,18,29H,1-2,7,9-10,12H2,(H,26,31). The summed E-state index contributed by atoms with van der Waals surface area (Å²) in [6.07, 6.45) is 2.86. The first-order valence-corrected chi connectivity index (χ1v) is 11.5. The molecular formula is C23H23F2N3O4S. The predicted molar refractivity (Wildman–Crippen MR) is 118 cm³/mol. The van der Waals surface area contributed by atoms with Crippen molar-refractivity contribution >= 4 is 23.2 Å². The Labute approximate surface area is 193 Å². The molecule has 10 heteroatoms. The lowest BCUT2D eigenvalue weighted by atomic mass is 10.1. The highest BCUT2D eigenvalue weighted by Crippen LogP contribution is 2.30. The molecule has 3 aromatic rings. The van der Waals surface area contributed by atoms with Gasteiger partial charge in [-0.05, 0) is 48.4 Å². The van der Waals surface area contributed by atoms with Gasteiger partial charge in [0.05, 0.1) is 6.10 Å². The fourth-order valence-electron chi connectivity index (χ4n) is 3.58. The average molecular weight is 476 g/mol. The molecule has 1 aromatic carbocycles. The van der Waals surface area contributed by atoms with Gasteiger partial charge < -0.3 is 19.7 Å². The largest absolute Gasteiger partial charge is 0.444 e. The Balaban J connectivity index is 1.36. The zero-order chi connectivity index (χ0) is 23.4. The van der Waals surface area contributed by atoms with E-state index in [1.165, 1.54) is 23.1 Å². The molecule has 1 aliphatic heterocycles. The first kappa shape index (κ1) is 23.1. The van der Waals surface area contributed by atoms with Crippen LogP contribution in [0, 0.1) is 0 Å². The van der Waals surface area contributed by atoms with Gasteiger partial charge in [0, 0.05) is 36.1 Å². The van der Waals surface area contributed by atoms with Gasteiger partial charge in [-0.15, -0.1) is 0 Å². The number of hydrogen-bond acceptors (Lipinski definition) is 6. The van der Waals surface area contributed by atoms with Gasteiger partial charge in [0.25, 0.3) is 11.8 Å². The number of carbonyl (C=O) groups is 2. The number of oxazole rings is 1. The molecule has 1 aliphatic rings. The molecule has 0 aliphatic carbocycles. The van der Waals surface area contributed by atoms with Crippen LogP contribution in [0.2, 0.25) is 0 Å². The van der Waals surface area contributed by atoms with E-state index < -0.39 is 11.8 Å². The van der Waals surface area contributed by atoms with Gasteiger partial charge in [0.2, 0.25) is 5.89 Å². The quantitative estimate of drug-likeness (QED) is 0.566. The third-order valence-corrected chi connectivity index (χ3v) is 6.21. The van der Waals surface area contributed by atoms with Crippen LogP contribution in [0.1, 0.15) is 40.9 Å². The highest BCUT2D eigenvalue weighted by atomic mass is 32.1. The van der Waals surface area contributed by atoms with Crippen LogP contribution in [0.15, 0.2) is 51.8 Å². The molecule has 2 N–H and O–H groups in total. The molecule has 0 spiro atoms. The van der Waals surface area contributed by atoms with Gasteiger partial charge in [-0.1, -0.05) is 12.1 Å². The van der Waals surface area contributed by atoms with E-state index in [9.17, 15) is 23.5 Å². The van der Waals surface area contributed by atoms with Gasteiger partial charge in [0.15, 0.2) is 5.69 Å². The molecule has 1 saturated heterocycles. The molecule has 2 aromatic heterocycles. The molecule has 1 fully saturated rings. The lowest BCUT2D eigenvalue weighted by molar-refractivity contribution is -0.147.